The minimum absolute atomic E-state index is 0.0124. The minimum atomic E-state index is -0.228. The molecule has 0 spiro atoms. The maximum Gasteiger partial charge on any atom is 0.276 e. The lowest BCUT2D eigenvalue weighted by atomic mass is 9.89. The molecule has 1 aliphatic carbocycles. The van der Waals surface area contributed by atoms with E-state index in [2.05, 4.69) is 31.2 Å². The number of hydrazine groups is 1. The summed E-state index contributed by atoms with van der Waals surface area (Å²) in [7, 11) is 3.66. The summed E-state index contributed by atoms with van der Waals surface area (Å²) in [5.74, 6) is 0.759. The van der Waals surface area contributed by atoms with Gasteiger partial charge in [-0.25, -0.2) is 10.0 Å². The maximum absolute atomic E-state index is 13.8. The monoisotopic (exact) mass is 545 g/mol. The van der Waals surface area contributed by atoms with Gasteiger partial charge >= 0.3 is 0 Å². The first-order valence-corrected chi connectivity index (χ1v) is 14.3. The summed E-state index contributed by atoms with van der Waals surface area (Å²) in [5, 5.41) is 12.5. The van der Waals surface area contributed by atoms with Crippen molar-refractivity contribution in [2.75, 3.05) is 18.5 Å². The van der Waals surface area contributed by atoms with Gasteiger partial charge in [0.15, 0.2) is 0 Å². The van der Waals surface area contributed by atoms with Gasteiger partial charge in [-0.05, 0) is 60.4 Å². The molecule has 2 aliphatic heterocycles. The van der Waals surface area contributed by atoms with Gasteiger partial charge in [-0.2, -0.15) is 0 Å². The van der Waals surface area contributed by atoms with Gasteiger partial charge in [0.2, 0.25) is 0 Å². The van der Waals surface area contributed by atoms with Crippen molar-refractivity contribution in [1.29, 1.82) is 0 Å². The van der Waals surface area contributed by atoms with Crippen LogP contribution < -0.4 is 15.9 Å². The number of hydrogen-bond acceptors (Lipinski definition) is 6. The van der Waals surface area contributed by atoms with Crippen LogP contribution in [-0.4, -0.2) is 46.1 Å². The van der Waals surface area contributed by atoms with Gasteiger partial charge in [-0.3, -0.25) is 9.59 Å². The topological polar surface area (TPSA) is 90.2 Å². The molecule has 4 heterocycles. The van der Waals surface area contributed by atoms with Crippen LogP contribution in [0, 0.1) is 5.41 Å². The number of rotatable bonds is 4. The average Bonchev–Trinajstić information content (AvgIpc) is 3.50. The number of nitrogens with zero attached hydrogens (tertiary/aromatic N) is 4. The molecular formula is C30H35N5O3S. The molecule has 2 aromatic heterocycles. The molecule has 6 rings (SSSR count). The Morgan fingerprint density at radius 3 is 2.69 bits per heavy atom. The molecule has 204 valence electrons. The van der Waals surface area contributed by atoms with Gasteiger partial charge < -0.3 is 20.0 Å². The molecule has 3 aromatic rings. The molecule has 2 N–H and O–H groups in total. The van der Waals surface area contributed by atoms with Gasteiger partial charge in [0, 0.05) is 55.3 Å². The van der Waals surface area contributed by atoms with Crippen LogP contribution in [-0.2, 0) is 32.9 Å². The van der Waals surface area contributed by atoms with Crippen molar-refractivity contribution >= 4 is 34.5 Å². The second-order valence-corrected chi connectivity index (χ2v) is 13.0. The zero-order valence-corrected chi connectivity index (χ0v) is 24.0. The van der Waals surface area contributed by atoms with Crippen molar-refractivity contribution in [2.45, 2.75) is 59.1 Å². The summed E-state index contributed by atoms with van der Waals surface area (Å²) in [6.45, 7) is 7.03. The molecule has 1 aromatic carbocycles. The summed E-state index contributed by atoms with van der Waals surface area (Å²) in [6.07, 6.45) is 5.36. The Bertz CT molecular complexity index is 1570. The number of aliphatic hydroxyl groups excluding tert-OH is 1. The van der Waals surface area contributed by atoms with Crippen molar-refractivity contribution in [2.24, 2.45) is 17.5 Å². The molecule has 1 amide bonds. The van der Waals surface area contributed by atoms with Gasteiger partial charge in [-0.15, -0.1) is 11.3 Å². The number of hydrogen-bond donors (Lipinski definition) is 2. The molecule has 3 aliphatic rings. The van der Waals surface area contributed by atoms with E-state index in [1.807, 2.05) is 35.2 Å². The van der Waals surface area contributed by atoms with Crippen LogP contribution in [0.25, 0.3) is 11.1 Å². The van der Waals surface area contributed by atoms with E-state index in [0.29, 0.717) is 23.5 Å². The summed E-state index contributed by atoms with van der Waals surface area (Å²) >= 11 is 1.65. The number of anilines is 1. The number of aromatic nitrogens is 1. The van der Waals surface area contributed by atoms with E-state index >= 15 is 0 Å². The van der Waals surface area contributed by atoms with Gasteiger partial charge in [0.1, 0.15) is 11.5 Å². The Labute approximate surface area is 232 Å². The number of benzene rings is 1. The first-order chi connectivity index (χ1) is 18.6. The SMILES string of the molecule is CC1CC(=Nc2cc(-c3cccc(N4CCc5c(sc6c5CC(C)(C)C6)C4=O)c3CO)cn(C)c2=O)NN1C. The standard InChI is InChI=1S/C30H35N5O3S/c1-17-11-26(32-34(17)5)31-23-12-18(15-33(4)28(23)37)19-7-6-8-24(22(19)16-36)35-10-9-20-21-13-30(2,3)14-25(21)39-27(20)29(35)38/h6-8,12,15,17,36H,9-11,13-14,16H2,1-5H3,(H,31,32). The highest BCUT2D eigenvalue weighted by atomic mass is 32.1. The molecule has 39 heavy (non-hydrogen) atoms. The first kappa shape index (κ1) is 26.0. The van der Waals surface area contributed by atoms with Crippen LogP contribution in [0.2, 0.25) is 0 Å². The zero-order valence-electron chi connectivity index (χ0n) is 23.2. The third-order valence-corrected chi connectivity index (χ3v) is 9.57. The average molecular weight is 546 g/mol. The molecule has 1 saturated heterocycles. The number of amidine groups is 1. The fraction of sp³-hybridized carbons (Fsp3) is 0.433. The summed E-state index contributed by atoms with van der Waals surface area (Å²) in [6, 6.07) is 7.81. The van der Waals surface area contributed by atoms with Crippen molar-refractivity contribution < 1.29 is 9.90 Å². The summed E-state index contributed by atoms with van der Waals surface area (Å²) < 4.78 is 1.53. The number of aliphatic hydroxyl groups is 1. The van der Waals surface area contributed by atoms with E-state index in [-0.39, 0.29) is 29.5 Å². The van der Waals surface area contributed by atoms with E-state index in [1.165, 1.54) is 20.6 Å². The number of carbonyl (C=O) groups excluding carboxylic acids is 1. The lowest BCUT2D eigenvalue weighted by molar-refractivity contribution is 0.0984. The van der Waals surface area contributed by atoms with E-state index in [9.17, 15) is 14.7 Å². The molecule has 9 heteroatoms. The second-order valence-electron chi connectivity index (χ2n) is 11.9. The number of nitrogens with one attached hydrogen (secondary N) is 1. The van der Waals surface area contributed by atoms with Gasteiger partial charge in [0.25, 0.3) is 11.5 Å². The van der Waals surface area contributed by atoms with Gasteiger partial charge in [0.05, 0.1) is 17.2 Å². The molecule has 1 atom stereocenters. The largest absolute Gasteiger partial charge is 0.392 e. The van der Waals surface area contributed by atoms with Crippen molar-refractivity contribution in [3.8, 4) is 11.1 Å². The van der Waals surface area contributed by atoms with Crippen LogP contribution in [0.4, 0.5) is 11.4 Å². The lowest BCUT2D eigenvalue weighted by Gasteiger charge is -2.30. The van der Waals surface area contributed by atoms with E-state index in [4.69, 9.17) is 0 Å². The molecular weight excluding hydrogens is 510 g/mol. The Balaban J connectivity index is 1.38. The second kappa shape index (κ2) is 9.43. The fourth-order valence-corrected chi connectivity index (χ4v) is 7.74. The fourth-order valence-electron chi connectivity index (χ4n) is 6.17. The van der Waals surface area contributed by atoms with E-state index in [0.717, 1.165) is 47.5 Å². The Morgan fingerprint density at radius 1 is 1.18 bits per heavy atom. The lowest BCUT2D eigenvalue weighted by Crippen LogP contribution is -2.37. The number of aliphatic imine (C=N–C) groups is 1. The first-order valence-electron chi connectivity index (χ1n) is 13.5. The van der Waals surface area contributed by atoms with Crippen LogP contribution in [0.5, 0.6) is 0 Å². The van der Waals surface area contributed by atoms with Crippen LogP contribution in [0.15, 0.2) is 40.2 Å². The van der Waals surface area contributed by atoms with Crippen molar-refractivity contribution in [3.05, 3.63) is 67.3 Å². The third-order valence-electron chi connectivity index (χ3n) is 8.31. The Kier molecular flexibility index (Phi) is 6.28. The molecule has 0 bridgehead atoms. The number of amides is 1. The van der Waals surface area contributed by atoms with Crippen molar-refractivity contribution in [1.82, 2.24) is 15.0 Å². The predicted molar refractivity (Wildman–Crippen MR) is 156 cm³/mol. The zero-order chi connectivity index (χ0) is 27.6. The summed E-state index contributed by atoms with van der Waals surface area (Å²) in [4.78, 5) is 35.4. The van der Waals surface area contributed by atoms with Crippen LogP contribution in [0.3, 0.4) is 0 Å². The highest BCUT2D eigenvalue weighted by molar-refractivity contribution is 7.14. The van der Waals surface area contributed by atoms with Crippen LogP contribution >= 0.6 is 11.3 Å². The third kappa shape index (κ3) is 4.42. The normalized spacial score (nSPS) is 21.4. The smallest absolute Gasteiger partial charge is 0.276 e. The highest BCUT2D eigenvalue weighted by Crippen LogP contribution is 2.46. The molecule has 8 nitrogen and oxygen atoms in total. The maximum atomic E-state index is 13.8. The van der Waals surface area contributed by atoms with E-state index in [1.54, 1.807) is 30.6 Å². The molecule has 0 radical (unpaired) electrons. The Hall–Kier alpha value is -3.27. The predicted octanol–water partition coefficient (Wildman–Crippen LogP) is 4.19. The van der Waals surface area contributed by atoms with Crippen LogP contribution in [0.1, 0.15) is 58.4 Å². The van der Waals surface area contributed by atoms with E-state index < -0.39 is 0 Å². The number of aryl methyl sites for hydroxylation is 1. The van der Waals surface area contributed by atoms with Gasteiger partial charge in [-0.1, -0.05) is 26.0 Å². The molecule has 1 fully saturated rings. The number of carbonyl (C=O) groups is 1. The highest BCUT2D eigenvalue weighted by Gasteiger charge is 2.38. The number of pyridine rings is 1. The molecule has 0 saturated carbocycles. The number of thiophene rings is 1. The molecule has 1 unspecified atom stereocenters. The summed E-state index contributed by atoms with van der Waals surface area (Å²) in [5.41, 5.74) is 9.18. The van der Waals surface area contributed by atoms with Crippen molar-refractivity contribution in [3.63, 3.8) is 0 Å². The Morgan fingerprint density at radius 2 is 1.97 bits per heavy atom. The quantitative estimate of drug-likeness (QED) is 0.513. The minimum Gasteiger partial charge on any atom is -0.392 e. The number of fused-ring (bicyclic) bond motifs is 3.